The van der Waals surface area contributed by atoms with E-state index >= 15 is 0 Å². The summed E-state index contributed by atoms with van der Waals surface area (Å²) in [6, 6.07) is -0.673. The molecule has 0 radical (unpaired) electrons. The second-order valence-electron chi connectivity index (χ2n) is 7.24. The number of amides is 3. The molecule has 3 N–H and O–H groups in total. The standard InChI is InChI=1S/C17H29N7O2/c1-22-14(12-23-7-3-2-4-8-23)20-21-16(22)13-5-9-24(10-6-13)15(25)11-19-17(18)26/h13H,2-12H2,1H3,(H3,18,19,26). The third-order valence-corrected chi connectivity index (χ3v) is 5.44. The van der Waals surface area contributed by atoms with E-state index in [1.54, 1.807) is 4.90 Å². The molecule has 0 saturated carbocycles. The Hall–Kier alpha value is -2.16. The summed E-state index contributed by atoms with van der Waals surface area (Å²) in [4.78, 5) is 27.0. The van der Waals surface area contributed by atoms with Gasteiger partial charge in [-0.2, -0.15) is 0 Å². The number of nitrogens with two attached hydrogens (primary N) is 1. The highest BCUT2D eigenvalue weighted by atomic mass is 16.2. The van der Waals surface area contributed by atoms with E-state index in [4.69, 9.17) is 5.73 Å². The van der Waals surface area contributed by atoms with Crippen LogP contribution in [0.5, 0.6) is 0 Å². The Labute approximate surface area is 153 Å². The van der Waals surface area contributed by atoms with Crippen LogP contribution in [0.2, 0.25) is 0 Å². The van der Waals surface area contributed by atoms with Crippen molar-refractivity contribution in [2.45, 2.75) is 44.6 Å². The van der Waals surface area contributed by atoms with Crippen molar-refractivity contribution in [3.63, 3.8) is 0 Å². The van der Waals surface area contributed by atoms with Crippen LogP contribution in [0.3, 0.4) is 0 Å². The molecular weight excluding hydrogens is 334 g/mol. The smallest absolute Gasteiger partial charge is 0.312 e. The number of hydrogen-bond donors (Lipinski definition) is 2. The fraction of sp³-hybridized carbons (Fsp3) is 0.765. The molecule has 3 heterocycles. The minimum absolute atomic E-state index is 0.0378. The number of nitrogens with zero attached hydrogens (tertiary/aromatic N) is 5. The van der Waals surface area contributed by atoms with Crippen LogP contribution in [0.1, 0.15) is 49.7 Å². The normalized spacial score (nSPS) is 19.5. The number of nitrogens with one attached hydrogen (secondary N) is 1. The summed E-state index contributed by atoms with van der Waals surface area (Å²) in [6.45, 7) is 4.43. The van der Waals surface area contributed by atoms with Crippen LogP contribution in [0, 0.1) is 0 Å². The number of rotatable bonds is 5. The second kappa shape index (κ2) is 8.48. The van der Waals surface area contributed by atoms with Crippen LogP contribution < -0.4 is 11.1 Å². The summed E-state index contributed by atoms with van der Waals surface area (Å²) in [6.07, 6.45) is 5.58. The van der Waals surface area contributed by atoms with Crippen LogP contribution in [-0.4, -0.2) is 69.2 Å². The zero-order chi connectivity index (χ0) is 18.5. The first-order chi connectivity index (χ1) is 12.5. The molecule has 2 saturated heterocycles. The zero-order valence-corrected chi connectivity index (χ0v) is 15.5. The number of primary amides is 1. The summed E-state index contributed by atoms with van der Waals surface area (Å²) in [5, 5.41) is 11.2. The SMILES string of the molecule is Cn1c(CN2CCCCC2)nnc1C1CCN(C(=O)CNC(N)=O)CC1. The summed E-state index contributed by atoms with van der Waals surface area (Å²) in [7, 11) is 2.04. The zero-order valence-electron chi connectivity index (χ0n) is 15.5. The second-order valence-corrected chi connectivity index (χ2v) is 7.24. The fourth-order valence-electron chi connectivity index (χ4n) is 3.85. The monoisotopic (exact) mass is 363 g/mol. The topological polar surface area (TPSA) is 109 Å². The number of likely N-dealkylation sites (tertiary alicyclic amines) is 2. The molecule has 3 rings (SSSR count). The summed E-state index contributed by atoms with van der Waals surface area (Å²) < 4.78 is 2.13. The highest BCUT2D eigenvalue weighted by Crippen LogP contribution is 2.27. The van der Waals surface area contributed by atoms with E-state index in [1.807, 2.05) is 7.05 Å². The molecule has 0 bridgehead atoms. The van der Waals surface area contributed by atoms with Gasteiger partial charge in [-0.3, -0.25) is 9.69 Å². The predicted octanol–water partition coefficient (Wildman–Crippen LogP) is 0.175. The number of piperidine rings is 2. The lowest BCUT2D eigenvalue weighted by atomic mass is 9.96. The van der Waals surface area contributed by atoms with Crippen molar-refractivity contribution in [3.8, 4) is 0 Å². The lowest BCUT2D eigenvalue weighted by Gasteiger charge is -2.31. The summed E-state index contributed by atoms with van der Waals surface area (Å²) in [5.74, 6) is 2.26. The Balaban J connectivity index is 1.53. The van der Waals surface area contributed by atoms with Gasteiger partial charge in [0.25, 0.3) is 0 Å². The minimum atomic E-state index is -0.673. The van der Waals surface area contributed by atoms with Crippen molar-refractivity contribution in [2.75, 3.05) is 32.7 Å². The van der Waals surface area contributed by atoms with Crippen LogP contribution in [0.15, 0.2) is 0 Å². The maximum atomic E-state index is 12.1. The summed E-state index contributed by atoms with van der Waals surface area (Å²) >= 11 is 0. The van der Waals surface area contributed by atoms with Gasteiger partial charge in [-0.15, -0.1) is 10.2 Å². The van der Waals surface area contributed by atoms with Crippen LogP contribution in [0.4, 0.5) is 4.79 Å². The van der Waals surface area contributed by atoms with E-state index in [1.165, 1.54) is 19.3 Å². The average Bonchev–Trinajstić information content (AvgIpc) is 3.01. The Morgan fingerprint density at radius 3 is 2.46 bits per heavy atom. The maximum absolute atomic E-state index is 12.1. The highest BCUT2D eigenvalue weighted by molar-refractivity contribution is 5.83. The molecule has 1 aromatic heterocycles. The molecule has 0 atom stereocenters. The van der Waals surface area contributed by atoms with Gasteiger partial charge in [0.05, 0.1) is 13.1 Å². The summed E-state index contributed by atoms with van der Waals surface area (Å²) in [5.41, 5.74) is 5.01. The minimum Gasteiger partial charge on any atom is -0.352 e. The number of urea groups is 1. The molecule has 9 heteroatoms. The van der Waals surface area contributed by atoms with Crippen molar-refractivity contribution < 1.29 is 9.59 Å². The van der Waals surface area contributed by atoms with Gasteiger partial charge in [-0.05, 0) is 38.8 Å². The van der Waals surface area contributed by atoms with E-state index < -0.39 is 6.03 Å². The largest absolute Gasteiger partial charge is 0.352 e. The number of hydrogen-bond acceptors (Lipinski definition) is 5. The molecule has 144 valence electrons. The lowest BCUT2D eigenvalue weighted by molar-refractivity contribution is -0.131. The molecule has 26 heavy (non-hydrogen) atoms. The van der Waals surface area contributed by atoms with Crippen molar-refractivity contribution in [1.29, 1.82) is 0 Å². The molecule has 3 amide bonds. The van der Waals surface area contributed by atoms with Crippen LogP contribution in [-0.2, 0) is 18.4 Å². The molecule has 0 aromatic carbocycles. The van der Waals surface area contributed by atoms with E-state index in [9.17, 15) is 9.59 Å². The van der Waals surface area contributed by atoms with E-state index in [0.717, 1.165) is 44.1 Å². The fourth-order valence-corrected chi connectivity index (χ4v) is 3.85. The first-order valence-electron chi connectivity index (χ1n) is 9.46. The van der Waals surface area contributed by atoms with Crippen LogP contribution >= 0.6 is 0 Å². The van der Waals surface area contributed by atoms with E-state index in [2.05, 4.69) is 25.0 Å². The van der Waals surface area contributed by atoms with Gasteiger partial charge in [0.2, 0.25) is 5.91 Å². The quantitative estimate of drug-likeness (QED) is 0.775. The molecule has 0 spiro atoms. The molecule has 9 nitrogen and oxygen atoms in total. The molecule has 1 aromatic rings. The third kappa shape index (κ3) is 4.51. The van der Waals surface area contributed by atoms with Gasteiger partial charge in [0, 0.05) is 26.1 Å². The maximum Gasteiger partial charge on any atom is 0.312 e. The van der Waals surface area contributed by atoms with Gasteiger partial charge in [-0.25, -0.2) is 4.79 Å². The number of aromatic nitrogens is 3. The van der Waals surface area contributed by atoms with Gasteiger partial charge >= 0.3 is 6.03 Å². The van der Waals surface area contributed by atoms with E-state index in [0.29, 0.717) is 19.0 Å². The Bertz CT molecular complexity index is 631. The first-order valence-corrected chi connectivity index (χ1v) is 9.46. The molecular formula is C17H29N7O2. The Morgan fingerprint density at radius 1 is 1.12 bits per heavy atom. The molecule has 2 aliphatic rings. The molecule has 0 aliphatic carbocycles. The Kier molecular flexibility index (Phi) is 6.08. The average molecular weight is 363 g/mol. The van der Waals surface area contributed by atoms with Crippen molar-refractivity contribution in [1.82, 2.24) is 29.9 Å². The molecule has 0 unspecified atom stereocenters. The van der Waals surface area contributed by atoms with Gasteiger partial charge in [-0.1, -0.05) is 6.42 Å². The van der Waals surface area contributed by atoms with Crippen molar-refractivity contribution in [2.24, 2.45) is 12.8 Å². The lowest BCUT2D eigenvalue weighted by Crippen LogP contribution is -2.45. The molecule has 2 fully saturated rings. The Morgan fingerprint density at radius 2 is 1.81 bits per heavy atom. The number of carbonyl (C=O) groups excluding carboxylic acids is 2. The number of carbonyl (C=O) groups is 2. The highest BCUT2D eigenvalue weighted by Gasteiger charge is 2.27. The third-order valence-electron chi connectivity index (χ3n) is 5.44. The van der Waals surface area contributed by atoms with Crippen molar-refractivity contribution >= 4 is 11.9 Å². The van der Waals surface area contributed by atoms with Crippen LogP contribution in [0.25, 0.3) is 0 Å². The molecule has 2 aliphatic heterocycles. The van der Waals surface area contributed by atoms with Gasteiger partial charge in [0.1, 0.15) is 11.6 Å². The van der Waals surface area contributed by atoms with Gasteiger partial charge in [0.15, 0.2) is 0 Å². The van der Waals surface area contributed by atoms with Gasteiger partial charge < -0.3 is 20.5 Å². The predicted molar refractivity (Wildman–Crippen MR) is 96.3 cm³/mol. The van der Waals surface area contributed by atoms with Crippen molar-refractivity contribution in [3.05, 3.63) is 11.6 Å². The van der Waals surface area contributed by atoms with E-state index in [-0.39, 0.29) is 12.5 Å². The first kappa shape index (κ1) is 18.6.